The van der Waals surface area contributed by atoms with Crippen LogP contribution in [0.2, 0.25) is 0 Å². The highest BCUT2D eigenvalue weighted by molar-refractivity contribution is 5.82. The van der Waals surface area contributed by atoms with Gasteiger partial charge in [-0.1, -0.05) is 6.07 Å². The summed E-state index contributed by atoms with van der Waals surface area (Å²) in [6, 6.07) is 5.85. The predicted octanol–water partition coefficient (Wildman–Crippen LogP) is 1.31. The van der Waals surface area contributed by atoms with Crippen molar-refractivity contribution in [2.45, 2.75) is 56.8 Å². The largest absolute Gasteiger partial charge is 0.387 e. The van der Waals surface area contributed by atoms with Crippen molar-refractivity contribution in [3.05, 3.63) is 29.6 Å². The molecule has 1 aromatic carbocycles. The number of nitrogens with one attached hydrogen (secondary N) is 1. The molecule has 0 saturated carbocycles. The number of carbonyl (C=O) groups is 1. The number of imidazole rings is 1. The van der Waals surface area contributed by atoms with Gasteiger partial charge in [0.15, 0.2) is 0 Å². The summed E-state index contributed by atoms with van der Waals surface area (Å²) in [5.74, 6) is 0.925. The van der Waals surface area contributed by atoms with Gasteiger partial charge in [0.25, 0.3) is 0 Å². The second kappa shape index (κ2) is 6.58. The van der Waals surface area contributed by atoms with E-state index in [0.717, 1.165) is 22.4 Å². The topological polar surface area (TPSA) is 98.7 Å². The summed E-state index contributed by atoms with van der Waals surface area (Å²) in [4.78, 5) is 22.1. The molecule has 0 bridgehead atoms. The van der Waals surface area contributed by atoms with Gasteiger partial charge in [-0.25, -0.2) is 4.98 Å². The zero-order valence-corrected chi connectivity index (χ0v) is 15.9. The maximum Gasteiger partial charge on any atom is 0.226 e. The summed E-state index contributed by atoms with van der Waals surface area (Å²) in [7, 11) is 0. The maximum atomic E-state index is 12.7. The maximum absolute atomic E-state index is 12.7. The molecule has 27 heavy (non-hydrogen) atoms. The molecule has 1 aromatic heterocycles. The third-order valence-corrected chi connectivity index (χ3v) is 6.07. The van der Waals surface area contributed by atoms with Gasteiger partial charge in [-0.15, -0.1) is 0 Å². The number of fused-ring (bicyclic) bond motifs is 1. The summed E-state index contributed by atoms with van der Waals surface area (Å²) in [6.07, 6.45) is 0.905. The van der Waals surface area contributed by atoms with Gasteiger partial charge in [-0.05, 0) is 44.4 Å². The van der Waals surface area contributed by atoms with Crippen molar-refractivity contribution in [3.8, 4) is 0 Å². The molecule has 3 N–H and O–H groups in total. The number of H-pyrrole nitrogens is 1. The Hall–Kier alpha value is -1.96. The van der Waals surface area contributed by atoms with E-state index in [1.807, 2.05) is 30.0 Å². The van der Waals surface area contributed by atoms with Crippen LogP contribution in [0, 0.1) is 6.92 Å². The average Bonchev–Trinajstić information content (AvgIpc) is 2.99. The summed E-state index contributed by atoms with van der Waals surface area (Å²) in [5, 5.41) is 21.0. The van der Waals surface area contributed by atoms with Gasteiger partial charge in [0.2, 0.25) is 5.91 Å². The lowest BCUT2D eigenvalue weighted by molar-refractivity contribution is -0.245. The molecule has 146 valence electrons. The highest BCUT2D eigenvalue weighted by atomic mass is 16.5. The van der Waals surface area contributed by atoms with Crippen LogP contribution in [0.15, 0.2) is 18.2 Å². The fourth-order valence-corrected chi connectivity index (χ4v) is 4.38. The first-order valence-electron chi connectivity index (χ1n) is 9.57. The van der Waals surface area contributed by atoms with Crippen LogP contribution in [0.5, 0.6) is 0 Å². The van der Waals surface area contributed by atoms with E-state index in [1.165, 1.54) is 0 Å². The number of aryl methyl sites for hydroxylation is 1. The van der Waals surface area contributed by atoms with E-state index in [1.54, 1.807) is 6.92 Å². The number of benzene rings is 1. The van der Waals surface area contributed by atoms with Gasteiger partial charge >= 0.3 is 0 Å². The molecule has 2 aliphatic heterocycles. The van der Waals surface area contributed by atoms with Gasteiger partial charge in [0.1, 0.15) is 17.5 Å². The number of piperidine rings is 1. The lowest BCUT2D eigenvalue weighted by Gasteiger charge is -2.51. The van der Waals surface area contributed by atoms with Gasteiger partial charge in [-0.3, -0.25) is 4.79 Å². The minimum absolute atomic E-state index is 0.0671. The highest BCUT2D eigenvalue weighted by Gasteiger charge is 2.52. The summed E-state index contributed by atoms with van der Waals surface area (Å²) in [6.45, 7) is 5.05. The van der Waals surface area contributed by atoms with Crippen LogP contribution in [-0.2, 0) is 16.0 Å². The number of aromatic amines is 1. The van der Waals surface area contributed by atoms with E-state index in [2.05, 4.69) is 9.97 Å². The summed E-state index contributed by atoms with van der Waals surface area (Å²) < 4.78 is 5.89. The molecule has 2 aliphatic rings. The van der Waals surface area contributed by atoms with Gasteiger partial charge in [-0.2, -0.15) is 0 Å². The minimum Gasteiger partial charge on any atom is -0.387 e. The fraction of sp³-hybridized carbons (Fsp3) is 0.600. The average molecular weight is 373 g/mol. The lowest BCUT2D eigenvalue weighted by Crippen LogP contribution is -2.64. The van der Waals surface area contributed by atoms with Crippen LogP contribution in [0.3, 0.4) is 0 Å². The smallest absolute Gasteiger partial charge is 0.226 e. The Kier molecular flexibility index (Phi) is 4.49. The van der Waals surface area contributed by atoms with Crippen molar-refractivity contribution >= 4 is 16.9 Å². The molecule has 7 heteroatoms. The number of nitrogens with zero attached hydrogens (tertiary/aromatic N) is 2. The fourth-order valence-electron chi connectivity index (χ4n) is 4.38. The molecule has 2 atom stereocenters. The van der Waals surface area contributed by atoms with Gasteiger partial charge in [0, 0.05) is 19.5 Å². The molecule has 3 heterocycles. The normalized spacial score (nSPS) is 28.0. The monoisotopic (exact) mass is 373 g/mol. The Balaban J connectivity index is 1.41. The number of hydrogen-bond acceptors (Lipinski definition) is 5. The number of amides is 1. The van der Waals surface area contributed by atoms with E-state index in [0.29, 0.717) is 45.4 Å². The zero-order valence-electron chi connectivity index (χ0n) is 15.9. The first kappa shape index (κ1) is 18.4. The third-order valence-electron chi connectivity index (χ3n) is 6.07. The van der Waals surface area contributed by atoms with Crippen LogP contribution < -0.4 is 0 Å². The summed E-state index contributed by atoms with van der Waals surface area (Å²) >= 11 is 0. The Bertz CT molecular complexity index is 852. The Morgan fingerprint density at radius 2 is 2.11 bits per heavy atom. The van der Waals surface area contributed by atoms with Crippen LogP contribution in [0.1, 0.15) is 37.6 Å². The molecule has 7 nitrogen and oxygen atoms in total. The predicted molar refractivity (Wildman–Crippen MR) is 100 cm³/mol. The van der Waals surface area contributed by atoms with Crippen molar-refractivity contribution in [2.75, 3.05) is 19.7 Å². The van der Waals surface area contributed by atoms with Crippen LogP contribution in [-0.4, -0.2) is 68.0 Å². The van der Waals surface area contributed by atoms with Gasteiger partial charge in [0.05, 0.1) is 29.7 Å². The molecular weight excluding hydrogens is 346 g/mol. The minimum atomic E-state index is -1.14. The van der Waals surface area contributed by atoms with E-state index < -0.39 is 17.3 Å². The van der Waals surface area contributed by atoms with Crippen molar-refractivity contribution < 1.29 is 19.7 Å². The molecule has 0 radical (unpaired) electrons. The van der Waals surface area contributed by atoms with Crippen molar-refractivity contribution in [1.82, 2.24) is 14.9 Å². The number of ether oxygens (including phenoxy) is 1. The molecule has 2 saturated heterocycles. The van der Waals surface area contributed by atoms with Crippen molar-refractivity contribution in [1.29, 1.82) is 0 Å². The molecule has 1 amide bonds. The number of aromatic nitrogens is 2. The van der Waals surface area contributed by atoms with Crippen LogP contribution >= 0.6 is 0 Å². The SMILES string of the molecule is Cc1nc2ccc(CC(=O)N3CCC4(CC3)OCC[C@@](C)(O)[C@@H]4O)cc2[nH]1. The molecule has 4 rings (SSSR count). The second-order valence-electron chi connectivity index (χ2n) is 8.15. The van der Waals surface area contributed by atoms with Crippen molar-refractivity contribution in [2.24, 2.45) is 0 Å². The highest BCUT2D eigenvalue weighted by Crippen LogP contribution is 2.39. The third kappa shape index (κ3) is 3.35. The first-order chi connectivity index (χ1) is 12.8. The molecule has 2 fully saturated rings. The quantitative estimate of drug-likeness (QED) is 0.737. The van der Waals surface area contributed by atoms with E-state index in [4.69, 9.17) is 4.74 Å². The molecular formula is C20H27N3O4. The van der Waals surface area contributed by atoms with E-state index in [9.17, 15) is 15.0 Å². The van der Waals surface area contributed by atoms with E-state index in [-0.39, 0.29) is 5.91 Å². The molecule has 0 aliphatic carbocycles. The van der Waals surface area contributed by atoms with Crippen molar-refractivity contribution in [3.63, 3.8) is 0 Å². The standard InChI is InChI=1S/C20H27N3O4/c1-13-21-15-4-3-14(11-16(15)22-13)12-17(24)23-8-5-20(6-9-23)18(25)19(2,26)7-10-27-20/h3-4,11,18,25-26H,5-10,12H2,1-2H3,(H,21,22)/t18-,19+/m0/s1. The number of hydrogen-bond donors (Lipinski definition) is 3. The van der Waals surface area contributed by atoms with Crippen LogP contribution in [0.25, 0.3) is 11.0 Å². The number of rotatable bonds is 2. The Morgan fingerprint density at radius 1 is 1.37 bits per heavy atom. The number of likely N-dealkylation sites (tertiary alicyclic amines) is 1. The zero-order chi connectivity index (χ0) is 19.2. The van der Waals surface area contributed by atoms with E-state index >= 15 is 0 Å². The van der Waals surface area contributed by atoms with Gasteiger partial charge < -0.3 is 24.8 Å². The molecule has 0 unspecified atom stereocenters. The Labute approximate surface area is 158 Å². The Morgan fingerprint density at radius 3 is 2.85 bits per heavy atom. The number of carbonyl (C=O) groups excluding carboxylic acids is 1. The molecule has 1 spiro atoms. The first-order valence-corrected chi connectivity index (χ1v) is 9.57. The second-order valence-corrected chi connectivity index (χ2v) is 8.15. The van der Waals surface area contributed by atoms with Crippen LogP contribution in [0.4, 0.5) is 0 Å². The molecule has 2 aromatic rings. The summed E-state index contributed by atoms with van der Waals surface area (Å²) in [5.41, 5.74) is 0.913. The lowest BCUT2D eigenvalue weighted by atomic mass is 9.75. The number of aliphatic hydroxyl groups excluding tert-OH is 1. The number of aliphatic hydroxyl groups is 2.